The van der Waals surface area contributed by atoms with Crippen LogP contribution in [0, 0.1) is 0 Å². The number of phenols is 1. The fourth-order valence-corrected chi connectivity index (χ4v) is 9.00. The number of para-hydroxylation sites is 1. The largest absolute Gasteiger partial charge is 0.507 e. The second-order valence-corrected chi connectivity index (χ2v) is 21.1. The average molecular weight is 901 g/mol. The molecule has 0 aliphatic rings. The van der Waals surface area contributed by atoms with Crippen LogP contribution in [0.3, 0.4) is 0 Å². The Morgan fingerprint density at radius 1 is 0.441 bits per heavy atom. The van der Waals surface area contributed by atoms with E-state index in [0.717, 1.165) is 72.4 Å². The van der Waals surface area contributed by atoms with Crippen LogP contribution in [0.15, 0.2) is 170 Å². The third-order valence-corrected chi connectivity index (χ3v) is 13.0. The summed E-state index contributed by atoms with van der Waals surface area (Å²) in [6, 6.07) is 53.6. The smallest absolute Gasteiger partial charge is 0.149 e. The van der Waals surface area contributed by atoms with Gasteiger partial charge >= 0.3 is 0 Å². The molecule has 9 aromatic rings. The summed E-state index contributed by atoms with van der Waals surface area (Å²) in [5, 5.41) is 12.6. The fraction of sp³-hybridized carbons (Fsp3) is 0.250. The highest BCUT2D eigenvalue weighted by Crippen LogP contribution is 2.46. The topological polar surface area (TPSA) is 50.9 Å². The van der Waals surface area contributed by atoms with Gasteiger partial charge in [-0.1, -0.05) is 198 Å². The van der Waals surface area contributed by atoms with Gasteiger partial charge < -0.3 is 5.11 Å². The molecule has 0 radical (unpaired) electrons. The summed E-state index contributed by atoms with van der Waals surface area (Å²) in [6.07, 6.45) is 1.69. The first-order chi connectivity index (χ1) is 35.9. The second kappa shape index (κ2) is 17.2. The first-order valence-electron chi connectivity index (χ1n) is 27.8. The van der Waals surface area contributed by atoms with Gasteiger partial charge in [-0.15, -0.1) is 0 Å². The Morgan fingerprint density at radius 3 is 1.69 bits per heavy atom. The molecule has 342 valence electrons. The summed E-state index contributed by atoms with van der Waals surface area (Å²) in [5.74, 6) is 0.766. The molecule has 9 rings (SSSR count). The van der Waals surface area contributed by atoms with Gasteiger partial charge in [0.2, 0.25) is 0 Å². The Balaban J connectivity index is 1.28. The van der Waals surface area contributed by atoms with Crippen molar-refractivity contribution in [2.75, 3.05) is 0 Å². The number of benzene rings is 7. The van der Waals surface area contributed by atoms with Crippen molar-refractivity contribution in [3.05, 3.63) is 192 Å². The lowest BCUT2D eigenvalue weighted by molar-refractivity contribution is 0.446. The van der Waals surface area contributed by atoms with Gasteiger partial charge in [-0.2, -0.15) is 0 Å². The van der Waals surface area contributed by atoms with E-state index in [0.29, 0.717) is 28.2 Å². The summed E-state index contributed by atoms with van der Waals surface area (Å²) < 4.78 is 76.3. The molecule has 2 heterocycles. The van der Waals surface area contributed by atoms with E-state index in [1.807, 2.05) is 42.5 Å². The van der Waals surface area contributed by atoms with Crippen molar-refractivity contribution < 1.29 is 17.4 Å². The zero-order valence-corrected chi connectivity index (χ0v) is 40.5. The van der Waals surface area contributed by atoms with Crippen LogP contribution in [0.4, 0.5) is 0 Å². The molecule has 0 amide bonds. The maximum absolute atomic E-state index is 12.6. The first-order valence-corrected chi connectivity index (χ1v) is 23.3. The van der Waals surface area contributed by atoms with Gasteiger partial charge in [0.05, 0.1) is 28.0 Å². The molecule has 4 nitrogen and oxygen atoms in total. The van der Waals surface area contributed by atoms with Gasteiger partial charge in [-0.25, -0.2) is 4.98 Å². The van der Waals surface area contributed by atoms with E-state index in [2.05, 4.69) is 158 Å². The Kier molecular flexibility index (Phi) is 9.14. The van der Waals surface area contributed by atoms with Crippen LogP contribution in [-0.4, -0.2) is 19.6 Å². The molecule has 4 heteroatoms. The van der Waals surface area contributed by atoms with E-state index in [1.54, 1.807) is 24.4 Å². The minimum Gasteiger partial charge on any atom is -0.507 e. The Morgan fingerprint density at radius 2 is 1.04 bits per heavy atom. The zero-order chi connectivity index (χ0) is 55.8. The van der Waals surface area contributed by atoms with Crippen molar-refractivity contribution >= 4 is 11.0 Å². The van der Waals surface area contributed by atoms with Crippen LogP contribution in [-0.2, 0) is 21.7 Å². The van der Waals surface area contributed by atoms with Crippen LogP contribution in [0.25, 0.3) is 83.9 Å². The molecule has 0 spiro atoms. The van der Waals surface area contributed by atoms with Crippen LogP contribution in [0.5, 0.6) is 5.75 Å². The van der Waals surface area contributed by atoms with E-state index in [4.69, 9.17) is 22.3 Å². The number of fused-ring (bicyclic) bond motifs is 1. The standard InChI is InChI=1S/C64H65N3O/c1-61(2,3)48-29-26-42(27-30-48)45-32-33-65-55(38-45)47-34-46(35-49(36-47)62(4,5)6)51-24-19-25-57-58(51)66-60(53-39-50(63(7,8)9)40-54(59(53)68)64(10,11)12)67(57)56-31-28-44(41-20-15-13-16-21-41)37-52(56)43-22-17-14-18-23-43/h13-40,68H,1-12H3/i1D3,2D3,3D3. The predicted molar refractivity (Wildman–Crippen MR) is 288 cm³/mol. The minimum absolute atomic E-state index is 0.176. The Bertz CT molecular complexity index is 3610. The number of phenolic OH excluding ortho intramolecular Hbond substituents is 1. The van der Waals surface area contributed by atoms with Crippen molar-refractivity contribution in [2.24, 2.45) is 0 Å². The number of hydrogen-bond acceptors (Lipinski definition) is 3. The monoisotopic (exact) mass is 901 g/mol. The normalized spacial score (nSPS) is 15.0. The van der Waals surface area contributed by atoms with Gasteiger partial charge in [0.1, 0.15) is 11.6 Å². The van der Waals surface area contributed by atoms with Crippen molar-refractivity contribution in [1.82, 2.24) is 14.5 Å². The average Bonchev–Trinajstić information content (AvgIpc) is 4.00. The van der Waals surface area contributed by atoms with Crippen LogP contribution < -0.4 is 0 Å². The Labute approximate surface area is 417 Å². The lowest BCUT2D eigenvalue weighted by Crippen LogP contribution is -2.17. The molecular formula is C64H65N3O. The molecule has 2 aromatic heterocycles. The van der Waals surface area contributed by atoms with Crippen molar-refractivity contribution in [1.29, 1.82) is 0 Å². The summed E-state index contributed by atoms with van der Waals surface area (Å²) >= 11 is 0. The molecule has 0 saturated heterocycles. The number of imidazole rings is 1. The van der Waals surface area contributed by atoms with E-state index in [1.165, 1.54) is 12.1 Å². The Hall–Kier alpha value is -7.04. The molecule has 1 N–H and O–H groups in total. The molecule has 0 unspecified atom stereocenters. The maximum atomic E-state index is 12.6. The highest BCUT2D eigenvalue weighted by atomic mass is 16.3. The molecule has 0 bridgehead atoms. The van der Waals surface area contributed by atoms with Gasteiger partial charge in [0.15, 0.2) is 0 Å². The quantitative estimate of drug-likeness (QED) is 0.173. The van der Waals surface area contributed by atoms with Crippen molar-refractivity contribution in [2.45, 2.75) is 105 Å². The van der Waals surface area contributed by atoms with Crippen LogP contribution >= 0.6 is 0 Å². The van der Waals surface area contributed by atoms with Gasteiger partial charge in [-0.3, -0.25) is 9.55 Å². The molecule has 68 heavy (non-hydrogen) atoms. The first kappa shape index (κ1) is 36.1. The molecule has 0 saturated carbocycles. The van der Waals surface area contributed by atoms with E-state index >= 15 is 0 Å². The minimum atomic E-state index is -3.37. The molecular weight excluding hydrogens is 827 g/mol. The van der Waals surface area contributed by atoms with Crippen molar-refractivity contribution in [3.8, 4) is 78.6 Å². The summed E-state index contributed by atoms with van der Waals surface area (Å²) in [5.41, 5.74) is 10.3. The van der Waals surface area contributed by atoms with E-state index in [-0.39, 0.29) is 22.1 Å². The number of nitrogens with zero attached hydrogens (tertiary/aromatic N) is 3. The highest BCUT2D eigenvalue weighted by Gasteiger charge is 2.30. The molecule has 0 atom stereocenters. The second-order valence-electron chi connectivity index (χ2n) is 21.1. The van der Waals surface area contributed by atoms with Crippen molar-refractivity contribution in [3.63, 3.8) is 0 Å². The third-order valence-electron chi connectivity index (χ3n) is 13.0. The highest BCUT2D eigenvalue weighted by molar-refractivity contribution is 5.98. The third kappa shape index (κ3) is 9.05. The lowest BCUT2D eigenvalue weighted by Gasteiger charge is -2.27. The number of hydrogen-bond donors (Lipinski definition) is 1. The number of rotatable bonds is 7. The fourth-order valence-electron chi connectivity index (χ4n) is 9.00. The SMILES string of the molecule is [2H]C([2H])([2H])C(c1ccc(-c2ccnc(-c3cc(-c4cccc5c4nc(-c4cc(C(C)(C)C)cc(C(C)(C)C)c4O)n5-c4ccc(-c5ccccc5)cc4-c4ccccc4)cc(C(C)(C)C)c3)c2)cc1)(C([2H])([2H])[2H])C([2H])([2H])[2H]. The predicted octanol–water partition coefficient (Wildman–Crippen LogP) is 17.3. The van der Waals surface area contributed by atoms with Gasteiger partial charge in [0.25, 0.3) is 0 Å². The number of aromatic hydroxyl groups is 1. The van der Waals surface area contributed by atoms with Gasteiger partial charge in [-0.05, 0) is 120 Å². The van der Waals surface area contributed by atoms with E-state index < -0.39 is 31.4 Å². The zero-order valence-electron chi connectivity index (χ0n) is 49.5. The summed E-state index contributed by atoms with van der Waals surface area (Å²) in [7, 11) is 0. The van der Waals surface area contributed by atoms with Gasteiger partial charge in [0, 0.05) is 40.8 Å². The lowest BCUT2D eigenvalue weighted by atomic mass is 9.79. The van der Waals surface area contributed by atoms with Crippen LogP contribution in [0.2, 0.25) is 0 Å². The summed E-state index contributed by atoms with van der Waals surface area (Å²) in [6.45, 7) is 9.28. The van der Waals surface area contributed by atoms with E-state index in [9.17, 15) is 5.11 Å². The number of pyridine rings is 1. The molecule has 0 aliphatic heterocycles. The maximum Gasteiger partial charge on any atom is 0.149 e. The molecule has 7 aromatic carbocycles. The molecule has 0 fully saturated rings. The number of aromatic nitrogens is 3. The van der Waals surface area contributed by atoms with Crippen LogP contribution in [0.1, 0.15) is 117 Å². The summed E-state index contributed by atoms with van der Waals surface area (Å²) in [4.78, 5) is 10.5. The molecule has 0 aliphatic carbocycles.